The Hall–Kier alpha value is -2.02. The standard InChI is InChI=1S/C19H22F2N2O2S/c1-9-8-19(3,4)14-12(25-5)7-6-11(13(9)14)23-18(24)16-15(17(20)21)22-10(2)26-16/h6-7,9,17H,8H2,1-5H3,(H,23,24). The van der Waals surface area contributed by atoms with Crippen molar-refractivity contribution in [1.29, 1.82) is 0 Å². The first-order valence-electron chi connectivity index (χ1n) is 8.44. The molecule has 1 aliphatic carbocycles. The lowest BCUT2D eigenvalue weighted by Crippen LogP contribution is -2.16. The fourth-order valence-corrected chi connectivity index (χ4v) is 4.81. The molecule has 0 aliphatic heterocycles. The van der Waals surface area contributed by atoms with Crippen molar-refractivity contribution in [2.45, 2.75) is 51.9 Å². The van der Waals surface area contributed by atoms with Crippen molar-refractivity contribution < 1.29 is 18.3 Å². The number of hydrogen-bond donors (Lipinski definition) is 1. The number of carbonyl (C=O) groups is 1. The summed E-state index contributed by atoms with van der Waals surface area (Å²) >= 11 is 0.984. The second kappa shape index (κ2) is 6.61. The van der Waals surface area contributed by atoms with E-state index in [0.717, 1.165) is 34.6 Å². The van der Waals surface area contributed by atoms with Gasteiger partial charge in [0.25, 0.3) is 12.3 Å². The lowest BCUT2D eigenvalue weighted by Gasteiger charge is -2.22. The highest BCUT2D eigenvalue weighted by Gasteiger charge is 2.39. The van der Waals surface area contributed by atoms with E-state index < -0.39 is 18.0 Å². The summed E-state index contributed by atoms with van der Waals surface area (Å²) in [7, 11) is 1.63. The number of amides is 1. The minimum Gasteiger partial charge on any atom is -0.496 e. The van der Waals surface area contributed by atoms with Gasteiger partial charge in [0, 0.05) is 11.3 Å². The van der Waals surface area contributed by atoms with Crippen molar-refractivity contribution >= 4 is 22.9 Å². The Bertz CT molecular complexity index is 861. The van der Waals surface area contributed by atoms with Gasteiger partial charge in [0.1, 0.15) is 16.3 Å². The van der Waals surface area contributed by atoms with Gasteiger partial charge in [0.05, 0.1) is 12.1 Å². The third-order valence-corrected chi connectivity index (χ3v) is 5.82. The van der Waals surface area contributed by atoms with Crippen LogP contribution in [-0.4, -0.2) is 18.0 Å². The molecule has 1 aromatic heterocycles. The number of nitrogens with zero attached hydrogens (tertiary/aromatic N) is 1. The highest BCUT2D eigenvalue weighted by molar-refractivity contribution is 7.13. The van der Waals surface area contributed by atoms with E-state index in [1.807, 2.05) is 6.07 Å². The van der Waals surface area contributed by atoms with Gasteiger partial charge in [-0.15, -0.1) is 11.3 Å². The first-order chi connectivity index (χ1) is 12.2. The molecule has 3 rings (SSSR count). The summed E-state index contributed by atoms with van der Waals surface area (Å²) in [5.74, 6) is 0.465. The van der Waals surface area contributed by atoms with Crippen molar-refractivity contribution in [2.75, 3.05) is 12.4 Å². The van der Waals surface area contributed by atoms with Crippen molar-refractivity contribution in [3.63, 3.8) is 0 Å². The zero-order valence-electron chi connectivity index (χ0n) is 15.4. The predicted molar refractivity (Wildman–Crippen MR) is 98.8 cm³/mol. The van der Waals surface area contributed by atoms with E-state index in [-0.39, 0.29) is 16.2 Å². The lowest BCUT2D eigenvalue weighted by molar-refractivity contribution is 0.101. The Labute approximate surface area is 155 Å². The molecule has 1 amide bonds. The molecule has 0 fully saturated rings. The summed E-state index contributed by atoms with van der Waals surface area (Å²) in [6, 6.07) is 3.60. The number of alkyl halides is 2. The Morgan fingerprint density at radius 3 is 2.73 bits per heavy atom. The maximum Gasteiger partial charge on any atom is 0.282 e. The molecule has 0 saturated heterocycles. The number of hydrogen-bond acceptors (Lipinski definition) is 4. The van der Waals surface area contributed by atoms with Crippen LogP contribution >= 0.6 is 11.3 Å². The molecule has 140 valence electrons. The molecule has 7 heteroatoms. The predicted octanol–water partition coefficient (Wildman–Crippen LogP) is 5.43. The van der Waals surface area contributed by atoms with Gasteiger partial charge in [-0.05, 0) is 42.4 Å². The summed E-state index contributed by atoms with van der Waals surface area (Å²) in [5, 5.41) is 3.27. The number of ether oxygens (including phenoxy) is 1. The molecule has 1 aromatic carbocycles. The van der Waals surface area contributed by atoms with Crippen LogP contribution < -0.4 is 10.1 Å². The normalized spacial score (nSPS) is 18.1. The molecule has 0 saturated carbocycles. The molecule has 2 aromatic rings. The van der Waals surface area contributed by atoms with E-state index in [0.29, 0.717) is 10.7 Å². The summed E-state index contributed by atoms with van der Waals surface area (Å²) in [5.41, 5.74) is 2.19. The fourth-order valence-electron chi connectivity index (χ4n) is 3.99. The SMILES string of the molecule is COc1ccc(NC(=O)c2sc(C)nc2C(F)F)c2c1C(C)(C)CC2C. The first kappa shape index (κ1) is 18.8. The number of rotatable bonds is 4. The number of aromatic nitrogens is 1. The third kappa shape index (κ3) is 3.09. The zero-order chi connectivity index (χ0) is 19.2. The highest BCUT2D eigenvalue weighted by Crippen LogP contribution is 2.52. The summed E-state index contributed by atoms with van der Waals surface area (Å²) in [6.45, 7) is 8.00. The van der Waals surface area contributed by atoms with Crippen molar-refractivity contribution in [1.82, 2.24) is 4.98 Å². The second-order valence-electron chi connectivity index (χ2n) is 7.30. The molecular weight excluding hydrogens is 358 g/mol. The average Bonchev–Trinajstić information content (AvgIpc) is 3.06. The molecule has 26 heavy (non-hydrogen) atoms. The van der Waals surface area contributed by atoms with Gasteiger partial charge >= 0.3 is 0 Å². The largest absolute Gasteiger partial charge is 0.496 e. The smallest absolute Gasteiger partial charge is 0.282 e. The maximum atomic E-state index is 13.2. The highest BCUT2D eigenvalue weighted by atomic mass is 32.1. The van der Waals surface area contributed by atoms with Crippen molar-refractivity contribution in [3.05, 3.63) is 38.8 Å². The zero-order valence-corrected chi connectivity index (χ0v) is 16.3. The van der Waals surface area contributed by atoms with Crippen LogP contribution in [0.25, 0.3) is 0 Å². The molecule has 0 bridgehead atoms. The van der Waals surface area contributed by atoms with Gasteiger partial charge in [-0.3, -0.25) is 4.79 Å². The van der Waals surface area contributed by atoms with E-state index >= 15 is 0 Å². The minimum atomic E-state index is -2.78. The lowest BCUT2D eigenvalue weighted by atomic mass is 9.85. The Morgan fingerprint density at radius 1 is 1.42 bits per heavy atom. The Kier molecular flexibility index (Phi) is 4.77. The van der Waals surface area contributed by atoms with E-state index in [2.05, 4.69) is 31.1 Å². The molecule has 1 aliphatic rings. The van der Waals surface area contributed by atoms with Gasteiger partial charge in [-0.2, -0.15) is 0 Å². The monoisotopic (exact) mass is 380 g/mol. The first-order valence-corrected chi connectivity index (χ1v) is 9.25. The quantitative estimate of drug-likeness (QED) is 0.769. The minimum absolute atomic E-state index is 0.0352. The number of halogens is 2. The van der Waals surface area contributed by atoms with E-state index in [9.17, 15) is 13.6 Å². The van der Waals surface area contributed by atoms with E-state index in [1.54, 1.807) is 20.1 Å². The number of aryl methyl sites for hydroxylation is 1. The van der Waals surface area contributed by atoms with Gasteiger partial charge in [-0.1, -0.05) is 20.8 Å². The molecule has 1 N–H and O–H groups in total. The summed E-state index contributed by atoms with van der Waals surface area (Å²) < 4.78 is 31.9. The van der Waals surface area contributed by atoms with Crippen LogP contribution in [0.3, 0.4) is 0 Å². The van der Waals surface area contributed by atoms with Crippen molar-refractivity contribution in [3.8, 4) is 5.75 Å². The molecule has 1 unspecified atom stereocenters. The van der Waals surface area contributed by atoms with Gasteiger partial charge < -0.3 is 10.1 Å². The second-order valence-corrected chi connectivity index (χ2v) is 8.50. The van der Waals surface area contributed by atoms with Gasteiger partial charge in [0.15, 0.2) is 0 Å². The average molecular weight is 380 g/mol. The van der Waals surface area contributed by atoms with Crippen LogP contribution in [0, 0.1) is 6.92 Å². The Balaban J connectivity index is 2.02. The van der Waals surface area contributed by atoms with Crippen LogP contribution in [-0.2, 0) is 5.41 Å². The number of nitrogens with one attached hydrogen (secondary N) is 1. The van der Waals surface area contributed by atoms with Gasteiger partial charge in [0.2, 0.25) is 0 Å². The number of fused-ring (bicyclic) bond motifs is 1. The van der Waals surface area contributed by atoms with Crippen molar-refractivity contribution in [2.24, 2.45) is 0 Å². The topological polar surface area (TPSA) is 51.2 Å². The van der Waals surface area contributed by atoms with E-state index in [4.69, 9.17) is 4.74 Å². The molecular formula is C19H22F2N2O2S. The van der Waals surface area contributed by atoms with Crippen LogP contribution in [0.15, 0.2) is 12.1 Å². The summed E-state index contributed by atoms with van der Waals surface area (Å²) in [6.07, 6.45) is -1.85. The Morgan fingerprint density at radius 2 is 2.12 bits per heavy atom. The van der Waals surface area contributed by atoms with Crippen LogP contribution in [0.5, 0.6) is 5.75 Å². The molecule has 4 nitrogen and oxygen atoms in total. The maximum absolute atomic E-state index is 13.2. The third-order valence-electron chi connectivity index (χ3n) is 4.83. The number of thiazole rings is 1. The number of methoxy groups -OCH3 is 1. The molecule has 0 radical (unpaired) electrons. The number of benzene rings is 1. The van der Waals surface area contributed by atoms with Gasteiger partial charge in [-0.25, -0.2) is 13.8 Å². The van der Waals surface area contributed by atoms with Crippen LogP contribution in [0.4, 0.5) is 14.5 Å². The fraction of sp³-hybridized carbons (Fsp3) is 0.474. The number of carbonyl (C=O) groups excluding carboxylic acids is 1. The summed E-state index contributed by atoms with van der Waals surface area (Å²) in [4.78, 5) is 16.4. The number of anilines is 1. The van der Waals surface area contributed by atoms with Crippen LogP contribution in [0.1, 0.15) is 71.0 Å². The molecule has 1 heterocycles. The molecule has 1 atom stereocenters. The van der Waals surface area contributed by atoms with E-state index in [1.165, 1.54) is 0 Å². The van der Waals surface area contributed by atoms with Crippen LogP contribution in [0.2, 0.25) is 0 Å². The molecule has 0 spiro atoms.